The highest BCUT2D eigenvalue weighted by molar-refractivity contribution is 5.97. The van der Waals surface area contributed by atoms with Gasteiger partial charge >= 0.3 is 0 Å². The third-order valence-electron chi connectivity index (χ3n) is 3.33. The third kappa shape index (κ3) is 1.63. The van der Waals surface area contributed by atoms with Crippen LogP contribution >= 0.6 is 0 Å². The molecule has 3 nitrogen and oxygen atoms in total. The molecule has 88 valence electrons. The molecule has 0 saturated heterocycles. The molecule has 2 aromatic carbocycles. The second-order valence-electron chi connectivity index (χ2n) is 4.48. The van der Waals surface area contributed by atoms with Crippen molar-refractivity contribution in [1.29, 1.82) is 0 Å². The highest BCUT2D eigenvalue weighted by atomic mass is 16.5. The van der Waals surface area contributed by atoms with E-state index in [1.807, 2.05) is 18.2 Å². The lowest BCUT2D eigenvalue weighted by atomic mass is 10.0. The summed E-state index contributed by atoms with van der Waals surface area (Å²) in [7, 11) is 0. The number of ether oxygens (including phenoxy) is 1. The van der Waals surface area contributed by atoms with Crippen LogP contribution in [0, 0.1) is 0 Å². The standard InChI is InChI=1S/C14H16N2O/c1-9-13(8-15)17-12-7-6-10-4-2-3-5-11(10)14(12)16-9/h2-7,9,13,16H,8,15H2,1H3. The van der Waals surface area contributed by atoms with Crippen LogP contribution in [0.1, 0.15) is 6.92 Å². The van der Waals surface area contributed by atoms with Crippen LogP contribution < -0.4 is 15.8 Å². The molecule has 2 atom stereocenters. The first-order valence-electron chi connectivity index (χ1n) is 5.94. The predicted octanol–water partition coefficient (Wildman–Crippen LogP) is 2.36. The van der Waals surface area contributed by atoms with Crippen LogP contribution in [0.15, 0.2) is 36.4 Å². The van der Waals surface area contributed by atoms with Crippen LogP contribution in [-0.2, 0) is 0 Å². The van der Waals surface area contributed by atoms with Crippen molar-refractivity contribution in [1.82, 2.24) is 0 Å². The maximum Gasteiger partial charge on any atom is 0.143 e. The first-order chi connectivity index (χ1) is 8.29. The third-order valence-corrected chi connectivity index (χ3v) is 3.33. The highest BCUT2D eigenvalue weighted by Crippen LogP contribution is 2.37. The highest BCUT2D eigenvalue weighted by Gasteiger charge is 2.25. The van der Waals surface area contributed by atoms with Gasteiger partial charge in [0.1, 0.15) is 11.9 Å². The molecule has 0 aliphatic carbocycles. The smallest absolute Gasteiger partial charge is 0.143 e. The molecule has 0 saturated carbocycles. The average Bonchev–Trinajstić information content (AvgIpc) is 2.38. The molecular formula is C14H16N2O. The lowest BCUT2D eigenvalue weighted by Gasteiger charge is -2.33. The van der Waals surface area contributed by atoms with E-state index in [2.05, 4.69) is 30.4 Å². The largest absolute Gasteiger partial charge is 0.485 e. The van der Waals surface area contributed by atoms with Gasteiger partial charge in [0.05, 0.1) is 11.7 Å². The van der Waals surface area contributed by atoms with Gasteiger partial charge in [-0.1, -0.05) is 30.3 Å². The van der Waals surface area contributed by atoms with Gasteiger partial charge in [0.2, 0.25) is 0 Å². The van der Waals surface area contributed by atoms with Gasteiger partial charge in [-0.15, -0.1) is 0 Å². The summed E-state index contributed by atoms with van der Waals surface area (Å²) in [5, 5.41) is 5.92. The minimum atomic E-state index is 0.0451. The van der Waals surface area contributed by atoms with Crippen LogP contribution in [0.5, 0.6) is 5.75 Å². The van der Waals surface area contributed by atoms with Crippen LogP contribution in [0.4, 0.5) is 5.69 Å². The van der Waals surface area contributed by atoms with E-state index >= 15 is 0 Å². The van der Waals surface area contributed by atoms with Gasteiger partial charge in [-0.3, -0.25) is 0 Å². The maximum absolute atomic E-state index is 5.91. The Morgan fingerprint density at radius 3 is 2.88 bits per heavy atom. The summed E-state index contributed by atoms with van der Waals surface area (Å²) in [5.74, 6) is 0.900. The summed E-state index contributed by atoms with van der Waals surface area (Å²) >= 11 is 0. The first-order valence-corrected chi connectivity index (χ1v) is 5.94. The van der Waals surface area contributed by atoms with Gasteiger partial charge in [-0.25, -0.2) is 0 Å². The molecule has 0 spiro atoms. The Morgan fingerprint density at radius 2 is 2.06 bits per heavy atom. The topological polar surface area (TPSA) is 47.3 Å². The van der Waals surface area contributed by atoms with Crippen LogP contribution in [-0.4, -0.2) is 18.7 Å². The molecule has 1 aliphatic rings. The van der Waals surface area contributed by atoms with E-state index in [-0.39, 0.29) is 12.1 Å². The van der Waals surface area contributed by atoms with E-state index in [1.54, 1.807) is 0 Å². The summed E-state index contributed by atoms with van der Waals surface area (Å²) < 4.78 is 5.91. The fourth-order valence-electron chi connectivity index (χ4n) is 2.34. The van der Waals surface area contributed by atoms with Crippen molar-refractivity contribution < 1.29 is 4.74 Å². The second kappa shape index (κ2) is 3.93. The van der Waals surface area contributed by atoms with Crippen molar-refractivity contribution in [3.63, 3.8) is 0 Å². The Kier molecular flexibility index (Phi) is 2.41. The van der Waals surface area contributed by atoms with Gasteiger partial charge in [-0.05, 0) is 18.4 Å². The fraction of sp³-hybridized carbons (Fsp3) is 0.286. The Morgan fingerprint density at radius 1 is 1.24 bits per heavy atom. The van der Waals surface area contributed by atoms with Gasteiger partial charge in [0.25, 0.3) is 0 Å². The lowest BCUT2D eigenvalue weighted by Crippen LogP contribution is -2.44. The van der Waals surface area contributed by atoms with E-state index in [4.69, 9.17) is 10.5 Å². The van der Waals surface area contributed by atoms with E-state index in [0.717, 1.165) is 11.4 Å². The lowest BCUT2D eigenvalue weighted by molar-refractivity contribution is 0.183. The molecular weight excluding hydrogens is 212 g/mol. The quantitative estimate of drug-likeness (QED) is 0.787. The number of hydrogen-bond acceptors (Lipinski definition) is 3. The Hall–Kier alpha value is -1.74. The number of fused-ring (bicyclic) bond motifs is 3. The van der Waals surface area contributed by atoms with Gasteiger partial charge < -0.3 is 15.8 Å². The van der Waals surface area contributed by atoms with Crippen LogP contribution in [0.3, 0.4) is 0 Å². The summed E-state index contributed by atoms with van der Waals surface area (Å²) in [6, 6.07) is 12.6. The Bertz CT molecular complexity index is 553. The Balaban J connectivity index is 2.15. The SMILES string of the molecule is CC1Nc2c(ccc3ccccc23)OC1CN. The number of nitrogens with two attached hydrogens (primary N) is 1. The first kappa shape index (κ1) is 10.4. The van der Waals surface area contributed by atoms with Crippen molar-refractivity contribution >= 4 is 16.5 Å². The summed E-state index contributed by atoms with van der Waals surface area (Å²) in [4.78, 5) is 0. The molecule has 2 unspecified atom stereocenters. The zero-order valence-electron chi connectivity index (χ0n) is 9.81. The molecule has 17 heavy (non-hydrogen) atoms. The molecule has 0 amide bonds. The van der Waals surface area contributed by atoms with Crippen molar-refractivity contribution in [2.75, 3.05) is 11.9 Å². The molecule has 3 heteroatoms. The van der Waals surface area contributed by atoms with Gasteiger partial charge in [0.15, 0.2) is 0 Å². The van der Waals surface area contributed by atoms with Crippen LogP contribution in [0.2, 0.25) is 0 Å². The number of benzene rings is 2. The van der Waals surface area contributed by atoms with Crippen LogP contribution in [0.25, 0.3) is 10.8 Å². The minimum absolute atomic E-state index is 0.0451. The average molecular weight is 228 g/mol. The van der Waals surface area contributed by atoms with E-state index in [0.29, 0.717) is 6.54 Å². The molecule has 2 aromatic rings. The maximum atomic E-state index is 5.91. The van der Waals surface area contributed by atoms with Crippen molar-refractivity contribution in [3.05, 3.63) is 36.4 Å². The summed E-state index contributed by atoms with van der Waals surface area (Å²) in [6.07, 6.45) is 0.0451. The molecule has 0 bridgehead atoms. The molecule has 0 radical (unpaired) electrons. The second-order valence-corrected chi connectivity index (χ2v) is 4.48. The Labute approximate surface area is 101 Å². The molecule has 3 rings (SSSR count). The molecule has 1 heterocycles. The summed E-state index contributed by atoms with van der Waals surface area (Å²) in [6.45, 7) is 2.63. The normalized spacial score (nSPS) is 22.7. The zero-order valence-corrected chi connectivity index (χ0v) is 9.81. The molecule has 1 aliphatic heterocycles. The predicted molar refractivity (Wildman–Crippen MR) is 70.5 cm³/mol. The van der Waals surface area contributed by atoms with E-state index in [1.165, 1.54) is 10.8 Å². The fourth-order valence-corrected chi connectivity index (χ4v) is 2.34. The summed E-state index contributed by atoms with van der Waals surface area (Å²) in [5.41, 5.74) is 6.78. The molecule has 0 aromatic heterocycles. The minimum Gasteiger partial charge on any atom is -0.485 e. The van der Waals surface area contributed by atoms with Crippen molar-refractivity contribution in [2.24, 2.45) is 5.73 Å². The van der Waals surface area contributed by atoms with E-state index in [9.17, 15) is 0 Å². The molecule has 3 N–H and O–H groups in total. The van der Waals surface area contributed by atoms with Gasteiger partial charge in [-0.2, -0.15) is 0 Å². The van der Waals surface area contributed by atoms with Crippen molar-refractivity contribution in [2.45, 2.75) is 19.1 Å². The van der Waals surface area contributed by atoms with Gasteiger partial charge in [0, 0.05) is 11.9 Å². The monoisotopic (exact) mass is 228 g/mol. The number of hydrogen-bond donors (Lipinski definition) is 2. The zero-order chi connectivity index (χ0) is 11.8. The van der Waals surface area contributed by atoms with Crippen molar-refractivity contribution in [3.8, 4) is 5.75 Å². The molecule has 0 fully saturated rings. The van der Waals surface area contributed by atoms with E-state index < -0.39 is 0 Å². The number of rotatable bonds is 1. The number of anilines is 1. The number of nitrogens with one attached hydrogen (secondary N) is 1.